The topological polar surface area (TPSA) is 239 Å². The third kappa shape index (κ3) is 22.7. The summed E-state index contributed by atoms with van der Waals surface area (Å²) in [5.74, 6) is -3.97. The standard InChI is InChI=1S/C26H29F6N3O5.C26H32F3N3O4.C25H30F3N3O3.C24H29F4N3O3/c1-16-15-33(2)24(21-7-5-18(35(16)21)22(36)25(27,28)29)8-10-34(11-9-24)23(37)17-4-6-19(20(14-17)38-3)39-12-13-40-26(30,31)32;1-4-5-16-36-21-17-18(6-8-20(21)35-3)24(34)31-12-10-25(11-13-31)22-9-7-19(23(33)26(27,28)29)32(22)15-14-30(25)2;1-16(2)34-20-7-5-18(15-17(20)3)23(33)30-11-9-24(10-12-30)21-8-6-19(22(32)25(26,27)28)31(21)14-13-29(24)4;1-15(2)34-18-6-5-16(13-19(18)33-4)22(32)30-9-7-23(8-10-30)21-17(25)14-20(24(26,27)28)31(21)12-11-29(23)3/h4-7,14,16H,8-13,15H2,1-3H3;6-9,17H,4-5,10-16H2,1-3H3;5-8,15-16H,9-14H2,1-4H3;5-6,13-15H,7-12H2,1-4H3. The van der Waals surface area contributed by atoms with Gasteiger partial charge in [-0.3, -0.25) is 57.9 Å². The minimum atomic E-state index is -4.99. The molecule has 4 spiro atoms. The predicted molar refractivity (Wildman–Crippen MR) is 496 cm³/mol. The monoisotopic (exact) mass is 2040 g/mol. The molecule has 4 saturated heterocycles. The van der Waals surface area contributed by atoms with Crippen molar-refractivity contribution in [3.05, 3.63) is 194 Å². The summed E-state index contributed by atoms with van der Waals surface area (Å²) in [6.07, 6.45) is -18.6. The number of piperidine rings is 4. The summed E-state index contributed by atoms with van der Waals surface area (Å²) in [4.78, 5) is 104. The highest BCUT2D eigenvalue weighted by molar-refractivity contribution is 6.01. The van der Waals surface area contributed by atoms with E-state index in [1.807, 2.05) is 72.8 Å². The van der Waals surface area contributed by atoms with E-state index in [4.69, 9.17) is 33.2 Å². The van der Waals surface area contributed by atoms with E-state index in [0.717, 1.165) is 28.7 Å². The minimum Gasteiger partial charge on any atom is -0.493 e. The fourth-order valence-electron chi connectivity index (χ4n) is 21.2. The fourth-order valence-corrected chi connectivity index (χ4v) is 21.2. The Morgan fingerprint density at radius 2 is 0.736 bits per heavy atom. The number of likely N-dealkylation sites (N-methyl/N-ethyl adjacent to an activating group) is 4. The number of nitrogens with zero attached hydrogens (tertiary/aromatic N) is 12. The number of ketones is 3. The number of unbranched alkanes of at least 4 members (excludes halogenated alkanes) is 1. The van der Waals surface area contributed by atoms with Crippen molar-refractivity contribution >= 4 is 41.0 Å². The summed E-state index contributed by atoms with van der Waals surface area (Å²) >= 11 is 0. The molecule has 8 aliphatic rings. The number of ether oxygens (including phenoxy) is 8. The first kappa shape index (κ1) is 109. The molecule has 43 heteroatoms. The molecule has 4 amide bonds. The van der Waals surface area contributed by atoms with Gasteiger partial charge < -0.3 is 71.0 Å². The quantitative estimate of drug-likeness (QED) is 0.0348. The second-order valence-corrected chi connectivity index (χ2v) is 37.9. The number of rotatable bonds is 22. The Balaban J connectivity index is 0.000000161. The number of hydrogen-bond donors (Lipinski definition) is 0. The molecule has 1 unspecified atom stereocenters. The number of methoxy groups -OCH3 is 3. The summed E-state index contributed by atoms with van der Waals surface area (Å²) in [5, 5.41) is 0. The third-order valence-electron chi connectivity index (χ3n) is 28.7. The first-order chi connectivity index (χ1) is 67.7. The summed E-state index contributed by atoms with van der Waals surface area (Å²) in [5.41, 5.74) is 0.205. The molecule has 12 heterocycles. The van der Waals surface area contributed by atoms with E-state index in [1.165, 1.54) is 64.3 Å². The van der Waals surface area contributed by atoms with Gasteiger partial charge in [-0.2, -0.15) is 52.7 Å². The van der Waals surface area contributed by atoms with Gasteiger partial charge in [0.1, 0.15) is 23.9 Å². The zero-order valence-electron chi connectivity index (χ0n) is 82.5. The molecule has 4 aromatic carbocycles. The smallest absolute Gasteiger partial charge is 0.493 e. The van der Waals surface area contributed by atoms with Gasteiger partial charge in [-0.1, -0.05) is 13.3 Å². The number of hydrogen-bond acceptors (Lipinski definition) is 19. The Labute approximate surface area is 823 Å². The van der Waals surface area contributed by atoms with E-state index in [2.05, 4.69) is 26.4 Å². The average molecular weight is 2050 g/mol. The van der Waals surface area contributed by atoms with Crippen molar-refractivity contribution in [1.82, 2.24) is 57.5 Å². The number of aryl methyl sites for hydroxylation is 1. The number of carbonyl (C=O) groups is 7. The number of alkyl halides is 15. The van der Waals surface area contributed by atoms with Crippen molar-refractivity contribution in [2.45, 2.75) is 204 Å². The average Bonchev–Trinajstić information content (AvgIpc) is 1.55. The number of fused-ring (bicyclic) bond motifs is 8. The number of aromatic nitrogens is 4. The van der Waals surface area contributed by atoms with E-state index in [1.54, 1.807) is 101 Å². The molecule has 144 heavy (non-hydrogen) atoms. The van der Waals surface area contributed by atoms with E-state index >= 15 is 0 Å². The van der Waals surface area contributed by atoms with Crippen LogP contribution in [0.3, 0.4) is 0 Å². The van der Waals surface area contributed by atoms with E-state index in [-0.39, 0.29) is 94.9 Å². The van der Waals surface area contributed by atoms with Gasteiger partial charge in [-0.25, -0.2) is 4.39 Å². The largest absolute Gasteiger partial charge is 0.522 e. The predicted octanol–water partition coefficient (Wildman–Crippen LogP) is 18.2. The summed E-state index contributed by atoms with van der Waals surface area (Å²) in [6, 6.07) is 28.8. The van der Waals surface area contributed by atoms with Crippen LogP contribution in [0.2, 0.25) is 0 Å². The number of benzene rings is 4. The summed E-state index contributed by atoms with van der Waals surface area (Å²) in [7, 11) is 12.0. The Bertz CT molecular complexity index is 5960. The highest BCUT2D eigenvalue weighted by atomic mass is 19.4. The molecule has 786 valence electrons. The van der Waals surface area contributed by atoms with Gasteiger partial charge in [0, 0.05) is 150 Å². The molecule has 16 rings (SSSR count). The van der Waals surface area contributed by atoms with Crippen LogP contribution in [0.4, 0.5) is 70.2 Å². The number of carbonyl (C=O) groups excluding carboxylic acids is 7. The van der Waals surface area contributed by atoms with Crippen molar-refractivity contribution in [3.63, 3.8) is 0 Å². The SMILES string of the molecule is CCCCOc1cc(C(=O)N2CCC3(CC2)c2ccc(C(=O)C(F)(F)F)n2CCN3C)ccc1OC.COc1cc(C(=O)N2CCC3(CC2)c2c(F)cc(C(F)(F)F)n2CCN3C)ccc1OC(C)C.COc1cc(C(=O)N2CCC3(CC2)c2ccc(C(=O)C(F)(F)F)n2C(C)CN3C)ccc1OCCOC(F)(F)F.Cc1cc(C(=O)N2CCC3(CC2)c2ccc(C(=O)C(F)(F)F)n2CCN3C)ccc1OC(C)C. The maximum atomic E-state index is 14.9. The molecule has 4 fully saturated rings. The van der Waals surface area contributed by atoms with Crippen LogP contribution in [0.25, 0.3) is 0 Å². The number of halogens is 16. The Hall–Kier alpha value is -11.8. The zero-order chi connectivity index (χ0) is 105. The molecular weight excluding hydrogens is 1930 g/mol. The molecule has 0 radical (unpaired) electrons. The molecule has 0 saturated carbocycles. The van der Waals surface area contributed by atoms with Crippen LogP contribution in [-0.4, -0.2) is 283 Å². The van der Waals surface area contributed by atoms with Crippen LogP contribution < -0.4 is 33.2 Å². The first-order valence-electron chi connectivity index (χ1n) is 47.6. The van der Waals surface area contributed by atoms with Gasteiger partial charge in [0.25, 0.3) is 41.0 Å². The van der Waals surface area contributed by atoms with E-state index in [9.17, 15) is 104 Å². The second-order valence-electron chi connectivity index (χ2n) is 37.9. The maximum Gasteiger partial charge on any atom is 0.522 e. The number of likely N-dealkylation sites (tertiary alicyclic amines) is 4. The van der Waals surface area contributed by atoms with Gasteiger partial charge >= 0.3 is 31.1 Å². The third-order valence-corrected chi connectivity index (χ3v) is 28.7. The van der Waals surface area contributed by atoms with Crippen LogP contribution in [-0.2, 0) is 52.7 Å². The van der Waals surface area contributed by atoms with Gasteiger partial charge in [0.2, 0.25) is 0 Å². The molecule has 8 aliphatic heterocycles. The van der Waals surface area contributed by atoms with Crippen molar-refractivity contribution in [2.24, 2.45) is 0 Å². The molecule has 8 aromatic rings. The first-order valence-corrected chi connectivity index (χ1v) is 47.6. The fraction of sp³-hybridized carbons (Fsp3) is 0.535. The van der Waals surface area contributed by atoms with Gasteiger partial charge in [0.05, 0.1) is 91.7 Å². The van der Waals surface area contributed by atoms with Gasteiger partial charge in [0.15, 0.2) is 34.5 Å². The molecule has 0 N–H and O–H groups in total. The Morgan fingerprint density at radius 1 is 0.382 bits per heavy atom. The summed E-state index contributed by atoms with van der Waals surface area (Å²) in [6.45, 7) is 18.4. The van der Waals surface area contributed by atoms with Crippen molar-refractivity contribution in [2.75, 3.05) is 148 Å². The maximum absolute atomic E-state index is 14.9. The van der Waals surface area contributed by atoms with Gasteiger partial charge in [-0.05, 0) is 242 Å². The molecule has 27 nitrogen and oxygen atoms in total. The normalized spacial score (nSPS) is 18.5. The number of amides is 4. The van der Waals surface area contributed by atoms with Crippen LogP contribution in [0.5, 0.6) is 40.2 Å². The molecular formula is C101H120F16N12O15. The lowest BCUT2D eigenvalue weighted by Gasteiger charge is -2.52. The lowest BCUT2D eigenvalue weighted by atomic mass is 9.80. The minimum absolute atomic E-state index is 0.0388. The lowest BCUT2D eigenvalue weighted by molar-refractivity contribution is -0.325. The molecule has 0 aliphatic carbocycles. The van der Waals surface area contributed by atoms with Crippen LogP contribution in [0.15, 0.2) is 115 Å². The highest BCUT2D eigenvalue weighted by Crippen LogP contribution is 2.51. The molecule has 0 bridgehead atoms. The number of Topliss-reactive ketones (excluding diaryl/α,β-unsaturated/α-hetero) is 3. The van der Waals surface area contributed by atoms with Crippen LogP contribution in [0.1, 0.15) is 219 Å². The van der Waals surface area contributed by atoms with Crippen LogP contribution in [0, 0.1) is 12.7 Å². The second kappa shape index (κ2) is 43.4. The zero-order valence-corrected chi connectivity index (χ0v) is 82.5. The van der Waals surface area contributed by atoms with Crippen molar-refractivity contribution < 1.29 is 142 Å². The van der Waals surface area contributed by atoms with Crippen molar-refractivity contribution in [1.29, 1.82) is 0 Å². The molecule has 1 atom stereocenters. The van der Waals surface area contributed by atoms with E-state index < -0.39 is 88.7 Å². The molecule has 4 aromatic heterocycles. The van der Waals surface area contributed by atoms with Crippen LogP contribution >= 0.6 is 0 Å². The van der Waals surface area contributed by atoms with Crippen molar-refractivity contribution in [3.8, 4) is 40.2 Å². The summed E-state index contributed by atoms with van der Waals surface area (Å²) < 4.78 is 258. The van der Waals surface area contributed by atoms with E-state index in [0.29, 0.717) is 212 Å². The van der Waals surface area contributed by atoms with Gasteiger partial charge in [-0.15, -0.1) is 13.2 Å². The lowest BCUT2D eigenvalue weighted by Crippen LogP contribution is -2.57. The Kier molecular flexibility index (Phi) is 33.0. The Morgan fingerprint density at radius 3 is 1.15 bits per heavy atom. The highest BCUT2D eigenvalue weighted by Gasteiger charge is 2.55.